The summed E-state index contributed by atoms with van der Waals surface area (Å²) in [5.74, 6) is 0.914. The molecule has 132 valence electrons. The Morgan fingerprint density at radius 2 is 2.04 bits per heavy atom. The summed E-state index contributed by atoms with van der Waals surface area (Å²) in [6, 6.07) is 8.72. The lowest BCUT2D eigenvalue weighted by molar-refractivity contribution is -0.132. The van der Waals surface area contributed by atoms with Gasteiger partial charge in [0.2, 0.25) is 4.77 Å². The van der Waals surface area contributed by atoms with Crippen LogP contribution in [0.25, 0.3) is 11.4 Å². The molecular weight excluding hydrogens is 354 g/mol. The van der Waals surface area contributed by atoms with Crippen LogP contribution in [-0.4, -0.2) is 39.2 Å². The normalized spacial score (nSPS) is 10.8. The number of benzene rings is 1. The molecule has 0 aliphatic carbocycles. The third-order valence-corrected chi connectivity index (χ3v) is 3.62. The van der Waals surface area contributed by atoms with Crippen LogP contribution in [0.3, 0.4) is 0 Å². The topological polar surface area (TPSA) is 94.4 Å². The third kappa shape index (κ3) is 3.83. The van der Waals surface area contributed by atoms with Gasteiger partial charge in [0.25, 0.3) is 0 Å². The van der Waals surface area contributed by atoms with Crippen molar-refractivity contribution in [1.29, 1.82) is 0 Å². The molecule has 0 saturated heterocycles. The molecule has 9 heteroatoms. The zero-order valence-electron chi connectivity index (χ0n) is 14.0. The first kappa shape index (κ1) is 17.5. The van der Waals surface area contributed by atoms with E-state index in [2.05, 4.69) is 20.3 Å². The monoisotopic (exact) mass is 369 g/mol. The zero-order valence-corrected chi connectivity index (χ0v) is 14.9. The summed E-state index contributed by atoms with van der Waals surface area (Å²) in [6.45, 7) is 1.33. The SMILES string of the molecule is COc1cc(C=Nn2c(-c3ccncc3)n[nH]c2=S)ccc1OC(C)=O. The first-order valence-corrected chi connectivity index (χ1v) is 7.98. The van der Waals surface area contributed by atoms with Gasteiger partial charge in [0.1, 0.15) is 0 Å². The maximum absolute atomic E-state index is 11.1. The Morgan fingerprint density at radius 1 is 1.27 bits per heavy atom. The number of hydrogen-bond donors (Lipinski definition) is 1. The van der Waals surface area contributed by atoms with Crippen LogP contribution in [0, 0.1) is 4.77 Å². The summed E-state index contributed by atoms with van der Waals surface area (Å²) in [5, 5.41) is 11.3. The number of H-pyrrole nitrogens is 1. The lowest BCUT2D eigenvalue weighted by atomic mass is 10.2. The van der Waals surface area contributed by atoms with E-state index in [9.17, 15) is 4.79 Å². The fourth-order valence-corrected chi connectivity index (χ4v) is 2.39. The molecule has 0 aliphatic rings. The van der Waals surface area contributed by atoms with Crippen molar-refractivity contribution in [3.63, 3.8) is 0 Å². The van der Waals surface area contributed by atoms with E-state index in [0.717, 1.165) is 11.1 Å². The Labute approximate surface area is 154 Å². The maximum atomic E-state index is 11.1. The standard InChI is InChI=1S/C17H15N5O3S/c1-11(23)25-14-4-3-12(9-15(14)24-2)10-19-22-16(20-21-17(22)26)13-5-7-18-8-6-13/h3-10H,1-2H3,(H,21,26). The minimum atomic E-state index is -0.420. The van der Waals surface area contributed by atoms with E-state index in [0.29, 0.717) is 22.1 Å². The highest BCUT2D eigenvalue weighted by Gasteiger charge is 2.09. The van der Waals surface area contributed by atoms with Crippen molar-refractivity contribution in [2.24, 2.45) is 5.10 Å². The Morgan fingerprint density at radius 3 is 2.73 bits per heavy atom. The minimum absolute atomic E-state index is 0.342. The van der Waals surface area contributed by atoms with E-state index < -0.39 is 5.97 Å². The molecule has 0 saturated carbocycles. The number of carbonyl (C=O) groups excluding carboxylic acids is 1. The molecule has 0 spiro atoms. The van der Waals surface area contributed by atoms with E-state index in [1.165, 1.54) is 18.7 Å². The van der Waals surface area contributed by atoms with Crippen LogP contribution in [0.15, 0.2) is 47.8 Å². The summed E-state index contributed by atoms with van der Waals surface area (Å²) >= 11 is 5.24. The summed E-state index contributed by atoms with van der Waals surface area (Å²) in [4.78, 5) is 15.1. The number of rotatable bonds is 5. The van der Waals surface area contributed by atoms with Gasteiger partial charge in [0, 0.05) is 24.9 Å². The first-order valence-electron chi connectivity index (χ1n) is 7.57. The number of pyridine rings is 1. The van der Waals surface area contributed by atoms with Gasteiger partial charge in [0.15, 0.2) is 17.3 Å². The van der Waals surface area contributed by atoms with Gasteiger partial charge in [-0.25, -0.2) is 5.10 Å². The number of aromatic amines is 1. The highest BCUT2D eigenvalue weighted by Crippen LogP contribution is 2.27. The van der Waals surface area contributed by atoms with Gasteiger partial charge in [-0.1, -0.05) is 0 Å². The molecule has 3 rings (SSSR count). The van der Waals surface area contributed by atoms with Gasteiger partial charge in [-0.3, -0.25) is 9.78 Å². The van der Waals surface area contributed by atoms with Crippen molar-refractivity contribution in [3.05, 3.63) is 53.1 Å². The Hall–Kier alpha value is -3.33. The van der Waals surface area contributed by atoms with Crippen LogP contribution < -0.4 is 9.47 Å². The molecule has 3 aromatic rings. The number of ether oxygens (including phenoxy) is 2. The summed E-state index contributed by atoms with van der Waals surface area (Å²) in [5.41, 5.74) is 1.56. The molecule has 26 heavy (non-hydrogen) atoms. The fourth-order valence-electron chi connectivity index (χ4n) is 2.21. The molecule has 0 atom stereocenters. The van der Waals surface area contributed by atoms with Gasteiger partial charge in [0.05, 0.1) is 13.3 Å². The smallest absolute Gasteiger partial charge is 0.308 e. The molecule has 1 N–H and O–H groups in total. The fraction of sp³-hybridized carbons (Fsp3) is 0.118. The van der Waals surface area contributed by atoms with Gasteiger partial charge in [-0.05, 0) is 48.1 Å². The lowest BCUT2D eigenvalue weighted by Crippen LogP contribution is -2.03. The second kappa shape index (κ2) is 7.70. The molecule has 1 aromatic carbocycles. The van der Waals surface area contributed by atoms with Crippen LogP contribution in [-0.2, 0) is 4.79 Å². The van der Waals surface area contributed by atoms with Gasteiger partial charge < -0.3 is 9.47 Å². The van der Waals surface area contributed by atoms with Gasteiger partial charge in [-0.2, -0.15) is 14.9 Å². The molecule has 8 nitrogen and oxygen atoms in total. The number of carbonyl (C=O) groups is 1. The number of methoxy groups -OCH3 is 1. The van der Waals surface area contributed by atoms with Crippen molar-refractivity contribution >= 4 is 24.4 Å². The number of hydrogen-bond acceptors (Lipinski definition) is 7. The summed E-state index contributed by atoms with van der Waals surface area (Å²) in [7, 11) is 1.50. The molecule has 2 heterocycles. The van der Waals surface area contributed by atoms with E-state index in [-0.39, 0.29) is 0 Å². The van der Waals surface area contributed by atoms with Crippen LogP contribution in [0.4, 0.5) is 0 Å². The largest absolute Gasteiger partial charge is 0.493 e. The summed E-state index contributed by atoms with van der Waals surface area (Å²) < 4.78 is 12.2. The molecule has 0 amide bonds. The average molecular weight is 369 g/mol. The second-order valence-electron chi connectivity index (χ2n) is 5.15. The first-order chi connectivity index (χ1) is 12.6. The average Bonchev–Trinajstić information content (AvgIpc) is 3.01. The Kier molecular flexibility index (Phi) is 5.18. The zero-order chi connectivity index (χ0) is 18.5. The quantitative estimate of drug-likeness (QED) is 0.322. The van der Waals surface area contributed by atoms with Crippen LogP contribution >= 0.6 is 12.2 Å². The number of nitrogens with one attached hydrogen (secondary N) is 1. The molecule has 0 radical (unpaired) electrons. The van der Waals surface area contributed by atoms with Crippen molar-refractivity contribution < 1.29 is 14.3 Å². The number of nitrogens with zero attached hydrogens (tertiary/aromatic N) is 4. The Balaban J connectivity index is 1.93. The van der Waals surface area contributed by atoms with Crippen LogP contribution in [0.5, 0.6) is 11.5 Å². The highest BCUT2D eigenvalue weighted by atomic mass is 32.1. The van der Waals surface area contributed by atoms with Crippen molar-refractivity contribution in [2.75, 3.05) is 7.11 Å². The van der Waals surface area contributed by atoms with Crippen LogP contribution in [0.1, 0.15) is 12.5 Å². The third-order valence-electron chi connectivity index (χ3n) is 3.35. The molecular formula is C17H15N5O3S. The second-order valence-corrected chi connectivity index (χ2v) is 5.54. The molecule has 2 aromatic heterocycles. The van der Waals surface area contributed by atoms with E-state index in [4.69, 9.17) is 21.7 Å². The van der Waals surface area contributed by atoms with Crippen molar-refractivity contribution in [2.45, 2.75) is 6.92 Å². The van der Waals surface area contributed by atoms with Crippen molar-refractivity contribution in [3.8, 4) is 22.9 Å². The maximum Gasteiger partial charge on any atom is 0.308 e. The molecule has 0 aliphatic heterocycles. The van der Waals surface area contributed by atoms with Crippen LogP contribution in [0.2, 0.25) is 0 Å². The summed E-state index contributed by atoms with van der Waals surface area (Å²) in [6.07, 6.45) is 4.94. The lowest BCUT2D eigenvalue weighted by Gasteiger charge is -2.08. The molecule has 0 bridgehead atoms. The highest BCUT2D eigenvalue weighted by molar-refractivity contribution is 7.71. The van der Waals surface area contributed by atoms with Crippen molar-refractivity contribution in [1.82, 2.24) is 19.9 Å². The minimum Gasteiger partial charge on any atom is -0.493 e. The molecule has 0 fully saturated rings. The number of esters is 1. The van der Waals surface area contributed by atoms with E-state index in [1.54, 1.807) is 36.8 Å². The Bertz CT molecular complexity index is 1010. The van der Waals surface area contributed by atoms with E-state index in [1.807, 2.05) is 12.1 Å². The molecule has 0 unspecified atom stereocenters. The van der Waals surface area contributed by atoms with Gasteiger partial charge >= 0.3 is 5.97 Å². The van der Waals surface area contributed by atoms with E-state index >= 15 is 0 Å². The predicted octanol–water partition coefficient (Wildman–Crippen LogP) is 2.82. The number of aromatic nitrogens is 4. The predicted molar refractivity (Wildman–Crippen MR) is 97.9 cm³/mol. The van der Waals surface area contributed by atoms with Gasteiger partial charge in [-0.15, -0.1) is 0 Å².